The van der Waals surface area contributed by atoms with Crippen molar-refractivity contribution in [1.29, 1.82) is 0 Å². The van der Waals surface area contributed by atoms with Gasteiger partial charge in [-0.1, -0.05) is 37.5 Å². The summed E-state index contributed by atoms with van der Waals surface area (Å²) in [4.78, 5) is 24.4. The number of nitrogens with one attached hydrogen (secondary N) is 1. The van der Waals surface area contributed by atoms with E-state index in [1.807, 2.05) is 0 Å². The highest BCUT2D eigenvalue weighted by atomic mass is 19.4. The molecule has 0 radical (unpaired) electrons. The lowest BCUT2D eigenvalue weighted by molar-refractivity contribution is -0.145. The van der Waals surface area contributed by atoms with E-state index in [1.165, 1.54) is 0 Å². The van der Waals surface area contributed by atoms with E-state index in [9.17, 15) is 27.9 Å². The fraction of sp³-hybridized carbons (Fsp3) is 0.600. The molecular formula is C20H26F3NO3. The molecule has 2 N–H and O–H groups in total. The predicted molar refractivity (Wildman–Crippen MR) is 96.4 cm³/mol. The van der Waals surface area contributed by atoms with Gasteiger partial charge >= 0.3 is 12.1 Å². The Morgan fingerprint density at radius 1 is 1.15 bits per heavy atom. The highest BCUT2D eigenvalue weighted by molar-refractivity contribution is 5.97. The molecule has 1 amide bonds. The number of benzene rings is 1. The van der Waals surface area contributed by atoms with E-state index in [4.69, 9.17) is 0 Å². The lowest BCUT2D eigenvalue weighted by Crippen LogP contribution is -2.42. The van der Waals surface area contributed by atoms with E-state index in [0.29, 0.717) is 11.3 Å². The molecule has 0 saturated heterocycles. The second-order valence-electron chi connectivity index (χ2n) is 7.55. The predicted octanol–water partition coefficient (Wildman–Crippen LogP) is 5.18. The number of hydrogen-bond donors (Lipinski definition) is 2. The summed E-state index contributed by atoms with van der Waals surface area (Å²) in [5.41, 5.74) is -0.382. The van der Waals surface area contributed by atoms with Gasteiger partial charge in [-0.05, 0) is 43.7 Å². The molecule has 1 aromatic carbocycles. The van der Waals surface area contributed by atoms with Gasteiger partial charge in [0.25, 0.3) is 0 Å². The number of para-hydroxylation sites is 1. The number of amides is 1. The summed E-state index contributed by atoms with van der Waals surface area (Å²) in [5, 5.41) is 12.0. The summed E-state index contributed by atoms with van der Waals surface area (Å²) in [6, 6.07) is 6.38. The van der Waals surface area contributed by atoms with Crippen molar-refractivity contribution in [1.82, 2.24) is 0 Å². The van der Waals surface area contributed by atoms with Crippen LogP contribution >= 0.6 is 0 Å². The molecule has 27 heavy (non-hydrogen) atoms. The average molecular weight is 385 g/mol. The molecule has 1 aromatic rings. The van der Waals surface area contributed by atoms with Crippen LogP contribution in [0, 0.1) is 11.3 Å². The van der Waals surface area contributed by atoms with Gasteiger partial charge in [0.1, 0.15) is 0 Å². The number of carbonyl (C=O) groups excluding carboxylic acids is 1. The zero-order valence-corrected chi connectivity index (χ0v) is 15.4. The van der Waals surface area contributed by atoms with E-state index in [2.05, 4.69) is 5.32 Å². The zero-order valence-electron chi connectivity index (χ0n) is 15.4. The van der Waals surface area contributed by atoms with Gasteiger partial charge in [0.15, 0.2) is 0 Å². The van der Waals surface area contributed by atoms with Crippen LogP contribution in [0.15, 0.2) is 24.3 Å². The molecule has 1 unspecified atom stereocenters. The number of carboxylic acid groups (broad SMARTS) is 1. The molecule has 2 rings (SSSR count). The molecule has 1 saturated carbocycles. The van der Waals surface area contributed by atoms with Gasteiger partial charge in [0.05, 0.1) is 11.8 Å². The minimum Gasteiger partial charge on any atom is -0.481 e. The van der Waals surface area contributed by atoms with Crippen LogP contribution in [0.1, 0.15) is 57.4 Å². The van der Waals surface area contributed by atoms with E-state index in [1.54, 1.807) is 31.2 Å². The molecule has 0 spiro atoms. The monoisotopic (exact) mass is 385 g/mol. The lowest BCUT2D eigenvalue weighted by Gasteiger charge is -2.37. The Morgan fingerprint density at radius 3 is 2.37 bits per heavy atom. The second-order valence-corrected chi connectivity index (χ2v) is 7.55. The van der Waals surface area contributed by atoms with Crippen LogP contribution in [0.2, 0.25) is 0 Å². The number of carbonyl (C=O) groups is 2. The van der Waals surface area contributed by atoms with Gasteiger partial charge < -0.3 is 10.4 Å². The molecular weight excluding hydrogens is 359 g/mol. The Balaban J connectivity index is 2.20. The standard InChI is InChI=1S/C20H26F3NO3/c1-19(13-17(25)26,15-8-3-2-4-9-15)18(27)24-16-10-6-5-7-14(16)11-12-20(21,22)23/h5-7,10,15H,2-4,8-9,11-13H2,1H3,(H,24,27)(H,25,26). The Bertz CT molecular complexity index is 669. The number of anilines is 1. The Hall–Kier alpha value is -2.05. The van der Waals surface area contributed by atoms with Gasteiger partial charge in [0.2, 0.25) is 5.91 Å². The number of aryl methyl sites for hydroxylation is 1. The largest absolute Gasteiger partial charge is 0.481 e. The topological polar surface area (TPSA) is 66.4 Å². The van der Waals surface area contributed by atoms with E-state index in [0.717, 1.165) is 32.1 Å². The summed E-state index contributed by atoms with van der Waals surface area (Å²) in [5.74, 6) is -1.54. The van der Waals surface area contributed by atoms with Gasteiger partial charge in [-0.25, -0.2) is 0 Å². The Kier molecular flexibility index (Phi) is 6.89. The van der Waals surface area contributed by atoms with Crippen molar-refractivity contribution in [3.05, 3.63) is 29.8 Å². The Morgan fingerprint density at radius 2 is 1.78 bits per heavy atom. The lowest BCUT2D eigenvalue weighted by atomic mass is 9.67. The maximum absolute atomic E-state index is 13.0. The maximum Gasteiger partial charge on any atom is 0.389 e. The molecule has 0 bridgehead atoms. The molecule has 1 aliphatic carbocycles. The number of alkyl halides is 3. The highest BCUT2D eigenvalue weighted by Crippen LogP contribution is 2.42. The normalized spacial score (nSPS) is 17.9. The van der Waals surface area contributed by atoms with Crippen molar-refractivity contribution >= 4 is 17.6 Å². The van der Waals surface area contributed by atoms with Crippen LogP contribution in [0.3, 0.4) is 0 Å². The third-order valence-electron chi connectivity index (χ3n) is 5.49. The first-order valence-corrected chi connectivity index (χ1v) is 9.30. The summed E-state index contributed by atoms with van der Waals surface area (Å²) >= 11 is 0. The number of rotatable bonds is 7. The van der Waals surface area contributed by atoms with Crippen LogP contribution in [0.25, 0.3) is 0 Å². The van der Waals surface area contributed by atoms with Gasteiger partial charge in [-0.2, -0.15) is 13.2 Å². The third-order valence-corrected chi connectivity index (χ3v) is 5.49. The molecule has 7 heteroatoms. The van der Waals surface area contributed by atoms with E-state index in [-0.39, 0.29) is 18.8 Å². The average Bonchev–Trinajstić information content (AvgIpc) is 2.60. The number of halogens is 3. The van der Waals surface area contributed by atoms with E-state index >= 15 is 0 Å². The third kappa shape index (κ3) is 5.97. The number of hydrogen-bond acceptors (Lipinski definition) is 2. The van der Waals surface area contributed by atoms with E-state index < -0.39 is 29.9 Å². The SMILES string of the molecule is CC(CC(=O)O)(C(=O)Nc1ccccc1CCC(F)(F)F)C1CCCCC1. The minimum atomic E-state index is -4.28. The van der Waals surface area contributed by atoms with Crippen molar-refractivity contribution in [3.63, 3.8) is 0 Å². The van der Waals surface area contributed by atoms with Crippen LogP contribution in [-0.2, 0) is 16.0 Å². The zero-order chi connectivity index (χ0) is 20.1. The quantitative estimate of drug-likeness (QED) is 0.679. The van der Waals surface area contributed by atoms with Crippen LogP contribution in [0.5, 0.6) is 0 Å². The van der Waals surface area contributed by atoms with Crippen LogP contribution in [-0.4, -0.2) is 23.2 Å². The maximum atomic E-state index is 13.0. The fourth-order valence-corrected chi connectivity index (χ4v) is 3.87. The number of aliphatic carboxylic acids is 1. The van der Waals surface area contributed by atoms with Crippen molar-refractivity contribution in [2.75, 3.05) is 5.32 Å². The smallest absolute Gasteiger partial charge is 0.389 e. The van der Waals surface area contributed by atoms with Crippen molar-refractivity contribution < 1.29 is 27.9 Å². The van der Waals surface area contributed by atoms with Gasteiger partial charge in [0, 0.05) is 12.1 Å². The van der Waals surface area contributed by atoms with Gasteiger partial charge in [-0.15, -0.1) is 0 Å². The first kappa shape index (κ1) is 21.3. The Labute approximate surface area is 157 Å². The molecule has 0 heterocycles. The molecule has 150 valence electrons. The van der Waals surface area contributed by atoms with Gasteiger partial charge in [-0.3, -0.25) is 9.59 Å². The molecule has 1 aliphatic rings. The summed E-state index contributed by atoms with van der Waals surface area (Å²) in [7, 11) is 0. The van der Waals surface area contributed by atoms with Crippen molar-refractivity contribution in [2.45, 2.75) is 64.5 Å². The van der Waals surface area contributed by atoms with Crippen molar-refractivity contribution in [2.24, 2.45) is 11.3 Å². The molecule has 1 fully saturated rings. The van der Waals surface area contributed by atoms with Crippen molar-refractivity contribution in [3.8, 4) is 0 Å². The summed E-state index contributed by atoms with van der Waals surface area (Å²) < 4.78 is 37.7. The number of carboxylic acids is 1. The first-order valence-electron chi connectivity index (χ1n) is 9.30. The highest BCUT2D eigenvalue weighted by Gasteiger charge is 2.43. The summed E-state index contributed by atoms with van der Waals surface area (Å²) in [6.45, 7) is 1.66. The minimum absolute atomic E-state index is 0.0512. The molecule has 0 aromatic heterocycles. The second kappa shape index (κ2) is 8.76. The molecule has 1 atom stereocenters. The molecule has 0 aliphatic heterocycles. The fourth-order valence-electron chi connectivity index (χ4n) is 3.87. The first-order chi connectivity index (χ1) is 12.6. The molecule has 4 nitrogen and oxygen atoms in total. The summed E-state index contributed by atoms with van der Waals surface area (Å²) in [6.07, 6.45) is -1.24. The van der Waals surface area contributed by atoms with Crippen LogP contribution in [0.4, 0.5) is 18.9 Å². The van der Waals surface area contributed by atoms with Crippen LogP contribution < -0.4 is 5.32 Å².